The van der Waals surface area contributed by atoms with E-state index in [9.17, 15) is 12.8 Å². The SMILES string of the molecule is COc1cc(Nc2ncc(F)c(Nc3cccc(C)c3N(CCN)S(C)(=O)=O)n2)cc(OC)c1OC. The Morgan fingerprint density at radius 1 is 1.08 bits per heavy atom. The first-order chi connectivity index (χ1) is 17.1. The van der Waals surface area contributed by atoms with E-state index in [0.717, 1.165) is 12.5 Å². The molecular formula is C23H29FN6O5S. The number of aryl methyl sites for hydroxylation is 1. The van der Waals surface area contributed by atoms with Crippen molar-refractivity contribution in [2.45, 2.75) is 6.92 Å². The summed E-state index contributed by atoms with van der Waals surface area (Å²) in [7, 11) is 0.813. The van der Waals surface area contributed by atoms with Crippen LogP contribution in [-0.2, 0) is 10.0 Å². The van der Waals surface area contributed by atoms with Crippen molar-refractivity contribution < 1.29 is 27.0 Å². The molecule has 2 aromatic carbocycles. The summed E-state index contributed by atoms with van der Waals surface area (Å²) in [4.78, 5) is 8.24. The Morgan fingerprint density at radius 3 is 2.31 bits per heavy atom. The van der Waals surface area contributed by atoms with Crippen molar-refractivity contribution >= 4 is 38.9 Å². The van der Waals surface area contributed by atoms with E-state index in [2.05, 4.69) is 20.6 Å². The number of sulfonamides is 1. The molecule has 0 unspecified atom stereocenters. The van der Waals surface area contributed by atoms with E-state index < -0.39 is 15.8 Å². The number of anilines is 5. The number of nitrogens with one attached hydrogen (secondary N) is 2. The van der Waals surface area contributed by atoms with Crippen molar-refractivity contribution in [3.63, 3.8) is 0 Å². The smallest absolute Gasteiger partial charge is 0.232 e. The highest BCUT2D eigenvalue weighted by molar-refractivity contribution is 7.92. The predicted molar refractivity (Wildman–Crippen MR) is 137 cm³/mol. The number of halogens is 1. The second-order valence-corrected chi connectivity index (χ2v) is 9.56. The number of hydrogen-bond acceptors (Lipinski definition) is 10. The van der Waals surface area contributed by atoms with Crippen molar-refractivity contribution in [1.82, 2.24) is 9.97 Å². The molecule has 0 fully saturated rings. The Bertz CT molecular complexity index is 1310. The normalized spacial score (nSPS) is 11.1. The molecule has 1 heterocycles. The second-order valence-electron chi connectivity index (χ2n) is 7.65. The Hall–Kier alpha value is -3.84. The quantitative estimate of drug-likeness (QED) is 0.345. The van der Waals surface area contributed by atoms with Crippen molar-refractivity contribution in [2.24, 2.45) is 5.73 Å². The highest BCUT2D eigenvalue weighted by Gasteiger charge is 2.23. The average molecular weight is 521 g/mol. The Kier molecular flexibility index (Phi) is 8.37. The van der Waals surface area contributed by atoms with E-state index in [1.807, 2.05) is 0 Å². The van der Waals surface area contributed by atoms with Gasteiger partial charge in [0.05, 0.1) is 45.2 Å². The molecule has 0 saturated carbocycles. The van der Waals surface area contributed by atoms with Crippen LogP contribution in [0.15, 0.2) is 36.5 Å². The molecule has 3 aromatic rings. The van der Waals surface area contributed by atoms with E-state index in [1.165, 1.54) is 25.6 Å². The van der Waals surface area contributed by atoms with Crippen LogP contribution in [0.5, 0.6) is 17.2 Å². The second kappa shape index (κ2) is 11.3. The fourth-order valence-corrected chi connectivity index (χ4v) is 4.59. The van der Waals surface area contributed by atoms with Crippen LogP contribution in [0, 0.1) is 12.7 Å². The fraction of sp³-hybridized carbons (Fsp3) is 0.304. The molecule has 0 aliphatic rings. The van der Waals surface area contributed by atoms with Gasteiger partial charge in [-0.1, -0.05) is 12.1 Å². The summed E-state index contributed by atoms with van der Waals surface area (Å²) in [6.45, 7) is 1.91. The van der Waals surface area contributed by atoms with Crippen LogP contribution in [0.4, 0.5) is 33.2 Å². The first-order valence-electron chi connectivity index (χ1n) is 10.8. The number of ether oxygens (including phenoxy) is 3. The van der Waals surface area contributed by atoms with Crippen molar-refractivity contribution in [2.75, 3.05) is 55.6 Å². The van der Waals surface area contributed by atoms with Gasteiger partial charge in [0.15, 0.2) is 23.1 Å². The molecule has 36 heavy (non-hydrogen) atoms. The lowest BCUT2D eigenvalue weighted by molar-refractivity contribution is 0.324. The summed E-state index contributed by atoms with van der Waals surface area (Å²) < 4.78 is 56.8. The number of nitrogens with zero attached hydrogens (tertiary/aromatic N) is 3. The molecule has 0 bridgehead atoms. The minimum atomic E-state index is -3.65. The Morgan fingerprint density at radius 2 is 1.75 bits per heavy atom. The van der Waals surface area contributed by atoms with Gasteiger partial charge in [0.2, 0.25) is 21.7 Å². The summed E-state index contributed by atoms with van der Waals surface area (Å²) in [6, 6.07) is 8.40. The monoisotopic (exact) mass is 520 g/mol. The molecule has 4 N–H and O–H groups in total. The number of nitrogens with two attached hydrogens (primary N) is 1. The maximum absolute atomic E-state index is 14.7. The summed E-state index contributed by atoms with van der Waals surface area (Å²) in [6.07, 6.45) is 2.09. The molecule has 0 atom stereocenters. The first-order valence-corrected chi connectivity index (χ1v) is 12.6. The molecule has 0 radical (unpaired) electrons. The third-order valence-electron chi connectivity index (χ3n) is 5.14. The maximum Gasteiger partial charge on any atom is 0.232 e. The third kappa shape index (κ3) is 5.86. The maximum atomic E-state index is 14.7. The Labute approximate surface area is 209 Å². The number of aromatic nitrogens is 2. The lowest BCUT2D eigenvalue weighted by Gasteiger charge is -2.26. The first kappa shape index (κ1) is 26.8. The van der Waals surface area contributed by atoms with E-state index in [0.29, 0.717) is 39.9 Å². The van der Waals surface area contributed by atoms with Gasteiger partial charge in [0.1, 0.15) is 0 Å². The van der Waals surface area contributed by atoms with Gasteiger partial charge in [0, 0.05) is 30.9 Å². The van der Waals surface area contributed by atoms with Crippen molar-refractivity contribution in [1.29, 1.82) is 0 Å². The molecule has 0 amide bonds. The summed E-state index contributed by atoms with van der Waals surface area (Å²) >= 11 is 0. The number of hydrogen-bond donors (Lipinski definition) is 3. The molecule has 11 nitrogen and oxygen atoms in total. The van der Waals surface area contributed by atoms with Gasteiger partial charge in [0.25, 0.3) is 0 Å². The van der Waals surface area contributed by atoms with Gasteiger partial charge in [-0.3, -0.25) is 4.31 Å². The van der Waals surface area contributed by atoms with Gasteiger partial charge in [-0.2, -0.15) is 4.98 Å². The van der Waals surface area contributed by atoms with Gasteiger partial charge in [-0.15, -0.1) is 0 Å². The van der Waals surface area contributed by atoms with Gasteiger partial charge in [-0.05, 0) is 18.6 Å². The predicted octanol–water partition coefficient (Wildman–Crippen LogP) is 3.16. The van der Waals surface area contributed by atoms with Crippen molar-refractivity contribution in [3.8, 4) is 17.2 Å². The standard InChI is InChI=1S/C23H29FN6O5S/c1-14-7-6-8-17(20(14)30(10-9-25)36(5,31)32)28-22-16(24)13-26-23(29-22)27-15-11-18(33-2)21(35-4)19(12-15)34-3/h6-8,11-13H,9-10,25H2,1-5H3,(H2,26,27,28,29). The number of benzene rings is 2. The zero-order chi connectivity index (χ0) is 26.5. The largest absolute Gasteiger partial charge is 0.493 e. The van der Waals surface area contributed by atoms with Gasteiger partial charge < -0.3 is 30.6 Å². The third-order valence-corrected chi connectivity index (χ3v) is 6.30. The molecule has 0 aliphatic carbocycles. The van der Waals surface area contributed by atoms with Crippen LogP contribution in [0.1, 0.15) is 5.56 Å². The van der Waals surface area contributed by atoms with E-state index in [-0.39, 0.29) is 24.9 Å². The molecule has 3 rings (SSSR count). The zero-order valence-electron chi connectivity index (χ0n) is 20.6. The van der Waals surface area contributed by atoms with Crippen LogP contribution < -0.4 is 34.9 Å². The van der Waals surface area contributed by atoms with Crippen LogP contribution in [-0.4, -0.2) is 59.1 Å². The number of methoxy groups -OCH3 is 3. The van der Waals surface area contributed by atoms with Crippen LogP contribution in [0.25, 0.3) is 0 Å². The number of para-hydroxylation sites is 1. The van der Waals surface area contributed by atoms with E-state index in [1.54, 1.807) is 37.3 Å². The van der Waals surface area contributed by atoms with Crippen LogP contribution in [0.2, 0.25) is 0 Å². The molecule has 0 saturated heterocycles. The van der Waals surface area contributed by atoms with Gasteiger partial charge >= 0.3 is 0 Å². The van der Waals surface area contributed by atoms with Crippen molar-refractivity contribution in [3.05, 3.63) is 47.9 Å². The zero-order valence-corrected chi connectivity index (χ0v) is 21.4. The molecule has 0 aliphatic heterocycles. The lowest BCUT2D eigenvalue weighted by atomic mass is 10.1. The van der Waals surface area contributed by atoms with Crippen LogP contribution >= 0.6 is 0 Å². The summed E-state index contributed by atoms with van der Waals surface area (Å²) in [5.41, 5.74) is 7.50. The number of rotatable bonds is 11. The molecular weight excluding hydrogens is 491 g/mol. The van der Waals surface area contributed by atoms with Crippen LogP contribution in [0.3, 0.4) is 0 Å². The molecule has 194 valence electrons. The molecule has 0 spiro atoms. The average Bonchev–Trinajstić information content (AvgIpc) is 2.84. The topological polar surface area (TPSA) is 141 Å². The summed E-state index contributed by atoms with van der Waals surface area (Å²) in [5, 5.41) is 5.88. The lowest BCUT2D eigenvalue weighted by Crippen LogP contribution is -2.35. The Balaban J connectivity index is 2.00. The molecule has 1 aromatic heterocycles. The minimum absolute atomic E-state index is 0.0541. The fourth-order valence-electron chi connectivity index (χ4n) is 3.58. The summed E-state index contributed by atoms with van der Waals surface area (Å²) in [5.74, 6) is 0.405. The van der Waals surface area contributed by atoms with E-state index in [4.69, 9.17) is 19.9 Å². The highest BCUT2D eigenvalue weighted by atomic mass is 32.2. The highest BCUT2D eigenvalue weighted by Crippen LogP contribution is 2.40. The van der Waals surface area contributed by atoms with Gasteiger partial charge in [-0.25, -0.2) is 17.8 Å². The minimum Gasteiger partial charge on any atom is -0.493 e. The van der Waals surface area contributed by atoms with E-state index >= 15 is 0 Å². The molecule has 13 heteroatoms.